The smallest absolute Gasteiger partial charge is 0.150 e. The summed E-state index contributed by atoms with van der Waals surface area (Å²) in [5.74, 6) is 1.53. The number of nitriles is 1. The first kappa shape index (κ1) is 16.4. The molecule has 0 radical (unpaired) electrons. The Morgan fingerprint density at radius 1 is 1.50 bits per heavy atom. The molecule has 1 fully saturated rings. The van der Waals surface area contributed by atoms with Crippen LogP contribution in [0.15, 0.2) is 28.9 Å². The normalized spacial score (nSPS) is 20.9. The average Bonchev–Trinajstić information content (AvgIpc) is 3.13. The standard InChI is InChI=1S/C17H20FN5O/c1-12-5-16(24-21-12)11-23-9-14(18)6-15(23)10-22(2)17-4-3-13(7-19)8-20-17/h3-5,8,14-15H,6,9-11H2,1-2H3/t14-,15-/m0/s1. The van der Waals surface area contributed by atoms with Gasteiger partial charge in [-0.15, -0.1) is 0 Å². The Balaban J connectivity index is 1.66. The fourth-order valence-electron chi connectivity index (χ4n) is 3.08. The number of anilines is 1. The van der Waals surface area contributed by atoms with Crippen LogP contribution in [0.25, 0.3) is 0 Å². The molecular weight excluding hydrogens is 309 g/mol. The Bertz CT molecular complexity index is 723. The first-order valence-electron chi connectivity index (χ1n) is 7.92. The summed E-state index contributed by atoms with van der Waals surface area (Å²) in [4.78, 5) is 8.36. The number of pyridine rings is 1. The van der Waals surface area contributed by atoms with Crippen molar-refractivity contribution in [3.8, 4) is 6.07 Å². The summed E-state index contributed by atoms with van der Waals surface area (Å²) >= 11 is 0. The lowest BCUT2D eigenvalue weighted by atomic mass is 10.2. The van der Waals surface area contributed by atoms with E-state index in [-0.39, 0.29) is 6.04 Å². The van der Waals surface area contributed by atoms with Gasteiger partial charge in [-0.25, -0.2) is 9.37 Å². The second-order valence-corrected chi connectivity index (χ2v) is 6.25. The molecule has 0 spiro atoms. The minimum Gasteiger partial charge on any atom is -0.360 e. The molecule has 1 aliphatic heterocycles. The Labute approximate surface area is 140 Å². The Hall–Kier alpha value is -2.46. The molecule has 1 aliphatic rings. The molecule has 3 rings (SSSR count). The van der Waals surface area contributed by atoms with Gasteiger partial charge in [0.2, 0.25) is 0 Å². The van der Waals surface area contributed by atoms with E-state index in [1.807, 2.05) is 31.0 Å². The molecule has 7 heteroatoms. The van der Waals surface area contributed by atoms with E-state index in [2.05, 4.69) is 21.1 Å². The number of rotatable bonds is 5. The molecule has 1 saturated heterocycles. The van der Waals surface area contributed by atoms with Crippen molar-refractivity contribution in [1.29, 1.82) is 5.26 Å². The average molecular weight is 329 g/mol. The SMILES string of the molecule is Cc1cc(CN2C[C@@H](F)C[C@H]2CN(C)c2ccc(C#N)cn2)on1. The number of alkyl halides is 1. The van der Waals surface area contributed by atoms with Gasteiger partial charge in [0, 0.05) is 38.4 Å². The van der Waals surface area contributed by atoms with Gasteiger partial charge in [-0.05, 0) is 25.5 Å². The van der Waals surface area contributed by atoms with Crippen LogP contribution in [0, 0.1) is 18.3 Å². The highest BCUT2D eigenvalue weighted by molar-refractivity contribution is 5.41. The van der Waals surface area contributed by atoms with Gasteiger partial charge in [-0.1, -0.05) is 5.16 Å². The van der Waals surface area contributed by atoms with Crippen LogP contribution in [-0.2, 0) is 6.54 Å². The summed E-state index contributed by atoms with van der Waals surface area (Å²) in [6.07, 6.45) is 1.21. The van der Waals surface area contributed by atoms with Crippen LogP contribution in [-0.4, -0.2) is 47.4 Å². The summed E-state index contributed by atoms with van der Waals surface area (Å²) in [5.41, 5.74) is 1.36. The summed E-state index contributed by atoms with van der Waals surface area (Å²) < 4.78 is 19.2. The minimum absolute atomic E-state index is 0.0767. The highest BCUT2D eigenvalue weighted by atomic mass is 19.1. The number of likely N-dealkylation sites (tertiary alicyclic amines) is 1. The van der Waals surface area contributed by atoms with Crippen molar-refractivity contribution in [2.45, 2.75) is 32.1 Å². The zero-order valence-corrected chi connectivity index (χ0v) is 13.8. The second-order valence-electron chi connectivity index (χ2n) is 6.25. The summed E-state index contributed by atoms with van der Waals surface area (Å²) in [6, 6.07) is 7.56. The van der Waals surface area contributed by atoms with E-state index >= 15 is 0 Å². The maximum Gasteiger partial charge on any atom is 0.150 e. The van der Waals surface area contributed by atoms with Gasteiger partial charge in [0.15, 0.2) is 5.76 Å². The molecule has 0 unspecified atom stereocenters. The number of aryl methyl sites for hydroxylation is 1. The monoisotopic (exact) mass is 329 g/mol. The minimum atomic E-state index is -0.832. The molecule has 0 N–H and O–H groups in total. The van der Waals surface area contributed by atoms with Crippen molar-refractivity contribution in [1.82, 2.24) is 15.0 Å². The molecule has 0 amide bonds. The third-order valence-corrected chi connectivity index (χ3v) is 4.27. The number of halogens is 1. The van der Waals surface area contributed by atoms with Crippen LogP contribution < -0.4 is 4.90 Å². The van der Waals surface area contributed by atoms with Crippen molar-refractivity contribution in [3.05, 3.63) is 41.4 Å². The maximum absolute atomic E-state index is 13.9. The van der Waals surface area contributed by atoms with Crippen molar-refractivity contribution in [2.75, 3.05) is 25.0 Å². The zero-order valence-electron chi connectivity index (χ0n) is 13.8. The highest BCUT2D eigenvalue weighted by Crippen LogP contribution is 2.24. The first-order valence-corrected chi connectivity index (χ1v) is 7.92. The lowest BCUT2D eigenvalue weighted by molar-refractivity contribution is 0.209. The number of hydrogen-bond donors (Lipinski definition) is 0. The van der Waals surface area contributed by atoms with E-state index in [1.165, 1.54) is 0 Å². The zero-order chi connectivity index (χ0) is 17.1. The lowest BCUT2D eigenvalue weighted by Gasteiger charge is -2.28. The Kier molecular flexibility index (Phi) is 4.76. The van der Waals surface area contributed by atoms with Gasteiger partial charge in [-0.3, -0.25) is 4.90 Å². The van der Waals surface area contributed by atoms with E-state index in [1.54, 1.807) is 12.3 Å². The fourth-order valence-corrected chi connectivity index (χ4v) is 3.08. The van der Waals surface area contributed by atoms with Crippen LogP contribution in [0.5, 0.6) is 0 Å². The molecule has 6 nitrogen and oxygen atoms in total. The van der Waals surface area contributed by atoms with Crippen LogP contribution in [0.4, 0.5) is 10.2 Å². The fraction of sp³-hybridized carbons (Fsp3) is 0.471. The molecule has 0 aromatic carbocycles. The van der Waals surface area contributed by atoms with Crippen molar-refractivity contribution in [3.63, 3.8) is 0 Å². The molecule has 2 aromatic heterocycles. The number of aromatic nitrogens is 2. The number of hydrogen-bond acceptors (Lipinski definition) is 6. The van der Waals surface area contributed by atoms with Gasteiger partial charge in [0.05, 0.1) is 17.8 Å². The van der Waals surface area contributed by atoms with Crippen molar-refractivity contribution in [2.24, 2.45) is 0 Å². The van der Waals surface area contributed by atoms with Crippen LogP contribution in [0.2, 0.25) is 0 Å². The molecule has 24 heavy (non-hydrogen) atoms. The van der Waals surface area contributed by atoms with E-state index in [4.69, 9.17) is 9.78 Å². The topological polar surface area (TPSA) is 69.2 Å². The Morgan fingerprint density at radius 2 is 2.33 bits per heavy atom. The molecular formula is C17H20FN5O. The second kappa shape index (κ2) is 6.97. The van der Waals surface area contributed by atoms with E-state index in [0.29, 0.717) is 31.6 Å². The first-order chi connectivity index (χ1) is 11.5. The summed E-state index contributed by atoms with van der Waals surface area (Å²) in [5, 5.41) is 12.7. The number of likely N-dealkylation sites (N-methyl/N-ethyl adjacent to an activating group) is 1. The quantitative estimate of drug-likeness (QED) is 0.838. The highest BCUT2D eigenvalue weighted by Gasteiger charge is 2.33. The maximum atomic E-state index is 13.9. The van der Waals surface area contributed by atoms with Gasteiger partial charge in [0.1, 0.15) is 18.1 Å². The van der Waals surface area contributed by atoms with E-state index in [9.17, 15) is 4.39 Å². The molecule has 0 bridgehead atoms. The predicted molar refractivity (Wildman–Crippen MR) is 87.2 cm³/mol. The van der Waals surface area contributed by atoms with Gasteiger partial charge in [-0.2, -0.15) is 5.26 Å². The van der Waals surface area contributed by atoms with Crippen LogP contribution in [0.1, 0.15) is 23.4 Å². The van der Waals surface area contributed by atoms with Crippen LogP contribution in [0.3, 0.4) is 0 Å². The summed E-state index contributed by atoms with van der Waals surface area (Å²) in [7, 11) is 1.93. The van der Waals surface area contributed by atoms with E-state index < -0.39 is 6.17 Å². The van der Waals surface area contributed by atoms with Gasteiger partial charge < -0.3 is 9.42 Å². The molecule has 126 valence electrons. The summed E-state index contributed by atoms with van der Waals surface area (Å²) in [6.45, 7) is 3.49. The Morgan fingerprint density at radius 3 is 2.96 bits per heavy atom. The van der Waals surface area contributed by atoms with Crippen molar-refractivity contribution < 1.29 is 8.91 Å². The van der Waals surface area contributed by atoms with E-state index in [0.717, 1.165) is 17.3 Å². The van der Waals surface area contributed by atoms with Gasteiger partial charge >= 0.3 is 0 Å². The molecule has 2 atom stereocenters. The molecule has 0 saturated carbocycles. The van der Waals surface area contributed by atoms with Gasteiger partial charge in [0.25, 0.3) is 0 Å². The third kappa shape index (κ3) is 3.71. The molecule has 2 aromatic rings. The van der Waals surface area contributed by atoms with Crippen LogP contribution >= 0.6 is 0 Å². The number of nitrogens with zero attached hydrogens (tertiary/aromatic N) is 5. The third-order valence-electron chi connectivity index (χ3n) is 4.27. The molecule has 0 aliphatic carbocycles. The lowest BCUT2D eigenvalue weighted by Crippen LogP contribution is -2.38. The predicted octanol–water partition coefficient (Wildman–Crippen LogP) is 2.30. The largest absolute Gasteiger partial charge is 0.360 e. The molecule has 3 heterocycles. The van der Waals surface area contributed by atoms with Crippen molar-refractivity contribution >= 4 is 5.82 Å².